The molecule has 0 unspecified atom stereocenters. The van der Waals surface area contributed by atoms with Crippen LogP contribution in [-0.4, -0.2) is 43.8 Å². The smallest absolute Gasteiger partial charge is 0.264 e. The highest BCUT2D eigenvalue weighted by molar-refractivity contribution is 7.92. The van der Waals surface area contributed by atoms with Gasteiger partial charge in [0.1, 0.15) is 12.6 Å². The molecule has 4 rings (SSSR count). The largest absolute Gasteiger partial charge is 0.352 e. The average molecular weight is 596 g/mol. The number of aryl methyl sites for hydroxylation is 3. The first-order valence-electron chi connectivity index (χ1n) is 14.0. The number of halogens is 1. The quantitative estimate of drug-likeness (QED) is 0.314. The molecule has 1 saturated carbocycles. The fraction of sp³-hybridized carbons (Fsp3) is 0.375. The lowest BCUT2D eigenvalue weighted by atomic mass is 10.1. The van der Waals surface area contributed by atoms with Crippen molar-refractivity contribution in [3.8, 4) is 0 Å². The number of sulfonamides is 1. The molecule has 3 aromatic carbocycles. The average Bonchev–Trinajstić information content (AvgIpc) is 3.44. The van der Waals surface area contributed by atoms with Crippen LogP contribution >= 0.6 is 11.6 Å². The third-order valence-corrected chi connectivity index (χ3v) is 9.80. The van der Waals surface area contributed by atoms with Crippen LogP contribution in [0, 0.1) is 20.8 Å². The van der Waals surface area contributed by atoms with Gasteiger partial charge < -0.3 is 10.2 Å². The number of hydrogen-bond acceptors (Lipinski definition) is 4. The van der Waals surface area contributed by atoms with Crippen molar-refractivity contribution in [2.45, 2.75) is 76.9 Å². The van der Waals surface area contributed by atoms with Crippen molar-refractivity contribution in [3.63, 3.8) is 0 Å². The number of benzene rings is 3. The van der Waals surface area contributed by atoms with E-state index < -0.39 is 28.5 Å². The van der Waals surface area contributed by atoms with Crippen LogP contribution < -0.4 is 9.62 Å². The Hall–Kier alpha value is -3.36. The van der Waals surface area contributed by atoms with Gasteiger partial charge in [-0.05, 0) is 87.6 Å². The Morgan fingerprint density at radius 3 is 2.24 bits per heavy atom. The number of carbonyl (C=O) groups is 2. The van der Waals surface area contributed by atoms with E-state index in [1.54, 1.807) is 44.2 Å². The predicted molar refractivity (Wildman–Crippen MR) is 163 cm³/mol. The van der Waals surface area contributed by atoms with Crippen molar-refractivity contribution in [1.82, 2.24) is 10.2 Å². The number of amides is 2. The summed E-state index contributed by atoms with van der Waals surface area (Å²) in [6.07, 6.45) is 3.97. The molecule has 218 valence electrons. The molecule has 0 aliphatic heterocycles. The highest BCUT2D eigenvalue weighted by atomic mass is 35.5. The van der Waals surface area contributed by atoms with E-state index in [4.69, 9.17) is 11.6 Å². The molecule has 2 amide bonds. The first-order valence-corrected chi connectivity index (χ1v) is 15.8. The van der Waals surface area contributed by atoms with Gasteiger partial charge in [0, 0.05) is 17.6 Å². The Morgan fingerprint density at radius 2 is 1.61 bits per heavy atom. The van der Waals surface area contributed by atoms with E-state index in [1.165, 1.54) is 17.0 Å². The second-order valence-electron chi connectivity index (χ2n) is 10.9. The van der Waals surface area contributed by atoms with E-state index >= 15 is 0 Å². The van der Waals surface area contributed by atoms with E-state index in [9.17, 15) is 18.0 Å². The van der Waals surface area contributed by atoms with Crippen molar-refractivity contribution < 1.29 is 18.0 Å². The van der Waals surface area contributed by atoms with Gasteiger partial charge in [-0.1, -0.05) is 66.4 Å². The first kappa shape index (κ1) is 30.6. The Labute approximate surface area is 248 Å². The summed E-state index contributed by atoms with van der Waals surface area (Å²) in [5, 5.41) is 3.56. The zero-order valence-electron chi connectivity index (χ0n) is 24.1. The summed E-state index contributed by atoms with van der Waals surface area (Å²) in [5.74, 6) is -0.721. The maximum absolute atomic E-state index is 14.1. The lowest BCUT2D eigenvalue weighted by Crippen LogP contribution is -2.52. The third kappa shape index (κ3) is 7.29. The van der Waals surface area contributed by atoms with Gasteiger partial charge in [0.05, 0.1) is 10.6 Å². The molecule has 0 heterocycles. The van der Waals surface area contributed by atoms with Crippen LogP contribution in [0.5, 0.6) is 0 Å². The summed E-state index contributed by atoms with van der Waals surface area (Å²) in [5.41, 5.74) is 3.74. The van der Waals surface area contributed by atoms with E-state index in [2.05, 4.69) is 5.32 Å². The van der Waals surface area contributed by atoms with Crippen LogP contribution in [0.15, 0.2) is 71.6 Å². The lowest BCUT2D eigenvalue weighted by molar-refractivity contribution is -0.139. The second-order valence-corrected chi connectivity index (χ2v) is 13.2. The van der Waals surface area contributed by atoms with Gasteiger partial charge in [-0.3, -0.25) is 13.9 Å². The molecule has 1 atom stereocenters. The van der Waals surface area contributed by atoms with E-state index in [0.717, 1.165) is 46.7 Å². The number of hydrogen-bond donors (Lipinski definition) is 1. The molecule has 9 heteroatoms. The monoisotopic (exact) mass is 595 g/mol. The minimum atomic E-state index is -4.14. The number of carbonyl (C=O) groups excluding carboxylic acids is 2. The van der Waals surface area contributed by atoms with Crippen LogP contribution in [0.25, 0.3) is 0 Å². The molecule has 1 fully saturated rings. The van der Waals surface area contributed by atoms with Gasteiger partial charge in [-0.25, -0.2) is 8.42 Å². The fourth-order valence-electron chi connectivity index (χ4n) is 5.20. The molecular formula is C32H38ClN3O4S. The summed E-state index contributed by atoms with van der Waals surface area (Å²) in [6.45, 7) is 6.97. The van der Waals surface area contributed by atoms with Gasteiger partial charge in [-0.15, -0.1) is 0 Å². The summed E-state index contributed by atoms with van der Waals surface area (Å²) in [6, 6.07) is 18.4. The highest BCUT2D eigenvalue weighted by Gasteiger charge is 2.34. The Bertz CT molecular complexity index is 1500. The lowest BCUT2D eigenvalue weighted by Gasteiger charge is -2.33. The first-order chi connectivity index (χ1) is 19.5. The van der Waals surface area contributed by atoms with Crippen molar-refractivity contribution in [3.05, 3.63) is 94.0 Å². The van der Waals surface area contributed by atoms with Crippen LogP contribution in [0.2, 0.25) is 5.02 Å². The standard InChI is InChI=1S/C32H38ClN3O4S/c1-22-13-16-29(17-14-22)41(39,40)36(30-18-15-27(33)19-24(30)3)21-31(37)35(20-26-10-6-5-9-23(26)2)25(4)32(38)34-28-11-7-8-12-28/h5-6,9-10,13-19,25,28H,7-8,11-12,20-21H2,1-4H3,(H,34,38)/t25-/m0/s1. The second kappa shape index (κ2) is 13.1. The summed E-state index contributed by atoms with van der Waals surface area (Å²) in [4.78, 5) is 29.1. The number of anilines is 1. The molecule has 1 N–H and O–H groups in total. The molecular weight excluding hydrogens is 558 g/mol. The molecule has 1 aliphatic carbocycles. The predicted octanol–water partition coefficient (Wildman–Crippen LogP) is 5.94. The van der Waals surface area contributed by atoms with Gasteiger partial charge in [0.15, 0.2) is 0 Å². The minimum absolute atomic E-state index is 0.0720. The Morgan fingerprint density at radius 1 is 0.951 bits per heavy atom. The number of nitrogens with zero attached hydrogens (tertiary/aromatic N) is 2. The summed E-state index contributed by atoms with van der Waals surface area (Å²) >= 11 is 6.19. The zero-order chi connectivity index (χ0) is 29.7. The molecule has 1 aliphatic rings. The highest BCUT2D eigenvalue weighted by Crippen LogP contribution is 2.30. The van der Waals surface area contributed by atoms with Crippen molar-refractivity contribution >= 4 is 39.1 Å². The third-order valence-electron chi connectivity index (χ3n) is 7.79. The molecule has 0 spiro atoms. The van der Waals surface area contributed by atoms with Crippen LogP contribution in [0.3, 0.4) is 0 Å². The molecule has 41 heavy (non-hydrogen) atoms. The number of nitrogens with one attached hydrogen (secondary N) is 1. The Kier molecular flexibility index (Phi) is 9.76. The van der Waals surface area contributed by atoms with Gasteiger partial charge in [0.2, 0.25) is 11.8 Å². The van der Waals surface area contributed by atoms with E-state index in [0.29, 0.717) is 16.3 Å². The molecule has 0 aromatic heterocycles. The normalized spacial score (nSPS) is 14.5. The van der Waals surface area contributed by atoms with Crippen molar-refractivity contribution in [1.29, 1.82) is 0 Å². The van der Waals surface area contributed by atoms with Crippen LogP contribution in [0.4, 0.5) is 5.69 Å². The molecule has 0 radical (unpaired) electrons. The topological polar surface area (TPSA) is 86.8 Å². The van der Waals surface area contributed by atoms with Crippen molar-refractivity contribution in [2.75, 3.05) is 10.8 Å². The molecule has 3 aromatic rings. The molecule has 0 bridgehead atoms. The van der Waals surface area contributed by atoms with Crippen LogP contribution in [-0.2, 0) is 26.2 Å². The van der Waals surface area contributed by atoms with Crippen molar-refractivity contribution in [2.24, 2.45) is 0 Å². The Balaban J connectivity index is 1.72. The van der Waals surface area contributed by atoms with Gasteiger partial charge >= 0.3 is 0 Å². The zero-order valence-corrected chi connectivity index (χ0v) is 25.6. The maximum atomic E-state index is 14.1. The van der Waals surface area contributed by atoms with E-state index in [-0.39, 0.29) is 23.4 Å². The SMILES string of the molecule is Cc1ccc(S(=O)(=O)N(CC(=O)N(Cc2ccccc2C)[C@@H](C)C(=O)NC2CCCC2)c2ccc(Cl)cc2C)cc1. The molecule has 7 nitrogen and oxygen atoms in total. The summed E-state index contributed by atoms with van der Waals surface area (Å²) < 4.78 is 29.2. The minimum Gasteiger partial charge on any atom is -0.352 e. The maximum Gasteiger partial charge on any atom is 0.264 e. The van der Waals surface area contributed by atoms with E-state index in [1.807, 2.05) is 38.1 Å². The summed E-state index contributed by atoms with van der Waals surface area (Å²) in [7, 11) is -4.14. The fourth-order valence-corrected chi connectivity index (χ4v) is 6.90. The number of rotatable bonds is 10. The van der Waals surface area contributed by atoms with Gasteiger partial charge in [0.25, 0.3) is 10.0 Å². The van der Waals surface area contributed by atoms with Gasteiger partial charge in [-0.2, -0.15) is 0 Å². The van der Waals surface area contributed by atoms with Crippen LogP contribution in [0.1, 0.15) is 54.9 Å². The molecule has 0 saturated heterocycles.